The Morgan fingerprint density at radius 2 is 1.50 bits per heavy atom. The highest BCUT2D eigenvalue weighted by molar-refractivity contribution is 5.79. The minimum atomic E-state index is -0.582. The van der Waals surface area contributed by atoms with E-state index in [2.05, 4.69) is 24.3 Å². The molecule has 2 atom stereocenters. The minimum Gasteiger partial charge on any atom is -0.448 e. The zero-order valence-corrected chi connectivity index (χ0v) is 16.8. The average molecular weight is 399 g/mol. The number of carbonyl (C=O) groups is 1. The molecule has 0 bridgehead atoms. The van der Waals surface area contributed by atoms with Crippen molar-refractivity contribution in [1.82, 2.24) is 4.90 Å². The third kappa shape index (κ3) is 3.37. The van der Waals surface area contributed by atoms with Gasteiger partial charge in [-0.25, -0.2) is 4.79 Å². The van der Waals surface area contributed by atoms with E-state index in [1.165, 1.54) is 22.3 Å². The first-order valence-corrected chi connectivity index (χ1v) is 10.6. The van der Waals surface area contributed by atoms with Gasteiger partial charge in [0, 0.05) is 18.4 Å². The first kappa shape index (κ1) is 18.9. The van der Waals surface area contributed by atoms with Crippen LogP contribution in [0.15, 0.2) is 78.9 Å². The predicted molar refractivity (Wildman–Crippen MR) is 116 cm³/mol. The van der Waals surface area contributed by atoms with Crippen LogP contribution in [0, 0.1) is 0 Å². The number of likely N-dealkylation sites (tertiary alicyclic amines) is 1. The van der Waals surface area contributed by atoms with Crippen LogP contribution in [0.2, 0.25) is 0 Å². The van der Waals surface area contributed by atoms with Gasteiger partial charge in [0.25, 0.3) is 0 Å². The van der Waals surface area contributed by atoms with E-state index in [1.807, 2.05) is 54.6 Å². The maximum absolute atomic E-state index is 12.8. The van der Waals surface area contributed by atoms with Gasteiger partial charge in [-0.15, -0.1) is 0 Å². The van der Waals surface area contributed by atoms with Gasteiger partial charge >= 0.3 is 6.09 Å². The number of carbonyl (C=O) groups excluding carboxylic acids is 1. The SMILES string of the molecule is O=C(OCC1c2ccccc2-c2ccccc21)N1CC[C@@H](c2ccccc2)[C@H](O)C1. The number of amides is 1. The third-order valence-corrected chi connectivity index (χ3v) is 6.40. The summed E-state index contributed by atoms with van der Waals surface area (Å²) >= 11 is 0. The van der Waals surface area contributed by atoms with Crippen LogP contribution in [-0.4, -0.2) is 41.9 Å². The van der Waals surface area contributed by atoms with Gasteiger partial charge in [0.05, 0.1) is 12.6 Å². The molecule has 152 valence electrons. The van der Waals surface area contributed by atoms with Crippen molar-refractivity contribution in [2.75, 3.05) is 19.7 Å². The molecule has 1 N–H and O–H groups in total. The predicted octanol–water partition coefficient (Wildman–Crippen LogP) is 4.79. The number of nitrogens with zero attached hydrogens (tertiary/aromatic N) is 1. The van der Waals surface area contributed by atoms with Crippen LogP contribution >= 0.6 is 0 Å². The third-order valence-electron chi connectivity index (χ3n) is 6.40. The number of ether oxygens (including phenoxy) is 1. The molecule has 1 amide bonds. The number of rotatable bonds is 3. The van der Waals surface area contributed by atoms with Gasteiger partial charge in [-0.1, -0.05) is 78.9 Å². The molecule has 0 saturated carbocycles. The molecule has 1 saturated heterocycles. The summed E-state index contributed by atoms with van der Waals surface area (Å²) in [6, 6.07) is 26.7. The van der Waals surface area contributed by atoms with Crippen molar-refractivity contribution >= 4 is 6.09 Å². The second-order valence-electron chi connectivity index (χ2n) is 8.12. The summed E-state index contributed by atoms with van der Waals surface area (Å²) in [5, 5.41) is 10.6. The summed E-state index contributed by atoms with van der Waals surface area (Å²) in [5.41, 5.74) is 5.96. The summed E-state index contributed by atoms with van der Waals surface area (Å²) in [4.78, 5) is 14.4. The Morgan fingerprint density at radius 1 is 0.900 bits per heavy atom. The maximum atomic E-state index is 12.8. The van der Waals surface area contributed by atoms with Crippen LogP contribution in [0.4, 0.5) is 4.79 Å². The number of piperidine rings is 1. The molecule has 1 heterocycles. The van der Waals surface area contributed by atoms with Gasteiger partial charge in [0.15, 0.2) is 0 Å². The molecular weight excluding hydrogens is 374 g/mol. The lowest BCUT2D eigenvalue weighted by molar-refractivity contribution is 0.0361. The fourth-order valence-electron chi connectivity index (χ4n) is 4.87. The Labute approximate surface area is 176 Å². The monoisotopic (exact) mass is 399 g/mol. The lowest BCUT2D eigenvalue weighted by Crippen LogP contribution is -2.46. The van der Waals surface area contributed by atoms with Crippen molar-refractivity contribution in [3.63, 3.8) is 0 Å². The summed E-state index contributed by atoms with van der Waals surface area (Å²) in [7, 11) is 0. The highest BCUT2D eigenvalue weighted by Crippen LogP contribution is 2.44. The van der Waals surface area contributed by atoms with Gasteiger partial charge < -0.3 is 14.7 Å². The number of fused-ring (bicyclic) bond motifs is 3. The van der Waals surface area contributed by atoms with Gasteiger partial charge in [-0.05, 0) is 34.2 Å². The summed E-state index contributed by atoms with van der Waals surface area (Å²) < 4.78 is 5.74. The lowest BCUT2D eigenvalue weighted by Gasteiger charge is -2.35. The Balaban J connectivity index is 1.25. The number of hydrogen-bond acceptors (Lipinski definition) is 3. The molecule has 1 aliphatic heterocycles. The fraction of sp³-hybridized carbons (Fsp3) is 0.269. The standard InChI is InChI=1S/C26H25NO3/c28-25-16-27(15-14-19(25)18-8-2-1-3-9-18)26(29)30-17-24-22-12-6-4-10-20(22)21-11-5-7-13-23(21)24/h1-13,19,24-25,28H,14-17H2/t19-,25+/m0/s1. The van der Waals surface area contributed by atoms with Crippen molar-refractivity contribution < 1.29 is 14.6 Å². The van der Waals surface area contributed by atoms with Crippen molar-refractivity contribution in [3.05, 3.63) is 95.6 Å². The molecule has 3 aromatic carbocycles. The van der Waals surface area contributed by atoms with Crippen LogP contribution in [0.3, 0.4) is 0 Å². The highest BCUT2D eigenvalue weighted by Gasteiger charge is 2.33. The number of benzene rings is 3. The number of aliphatic hydroxyl groups is 1. The molecule has 4 nitrogen and oxygen atoms in total. The molecule has 2 aliphatic rings. The normalized spacial score (nSPS) is 20.5. The Kier molecular flexibility index (Phi) is 5.01. The first-order chi connectivity index (χ1) is 14.7. The number of aliphatic hydroxyl groups excluding tert-OH is 1. The molecule has 5 rings (SSSR count). The Bertz CT molecular complexity index is 1000. The number of hydrogen-bond donors (Lipinski definition) is 1. The van der Waals surface area contributed by atoms with Crippen LogP contribution < -0.4 is 0 Å². The zero-order valence-electron chi connectivity index (χ0n) is 16.8. The fourth-order valence-corrected chi connectivity index (χ4v) is 4.87. The van der Waals surface area contributed by atoms with E-state index in [1.54, 1.807) is 4.90 Å². The second kappa shape index (κ2) is 7.96. The molecule has 30 heavy (non-hydrogen) atoms. The Morgan fingerprint density at radius 3 is 2.13 bits per heavy atom. The van der Waals surface area contributed by atoms with Crippen LogP contribution in [-0.2, 0) is 4.74 Å². The van der Waals surface area contributed by atoms with Gasteiger partial charge in [0.1, 0.15) is 6.61 Å². The average Bonchev–Trinajstić information content (AvgIpc) is 3.12. The van der Waals surface area contributed by atoms with Crippen molar-refractivity contribution in [1.29, 1.82) is 0 Å². The van der Waals surface area contributed by atoms with E-state index in [9.17, 15) is 9.90 Å². The lowest BCUT2D eigenvalue weighted by atomic mass is 9.87. The van der Waals surface area contributed by atoms with E-state index in [0.29, 0.717) is 19.7 Å². The molecule has 3 aromatic rings. The van der Waals surface area contributed by atoms with Crippen LogP contribution in [0.25, 0.3) is 11.1 Å². The molecule has 0 aromatic heterocycles. The molecule has 1 aliphatic carbocycles. The maximum Gasteiger partial charge on any atom is 0.409 e. The molecular formula is C26H25NO3. The summed E-state index contributed by atoms with van der Waals surface area (Å²) in [6.07, 6.45) is -0.195. The van der Waals surface area contributed by atoms with Crippen molar-refractivity contribution in [3.8, 4) is 11.1 Å². The smallest absolute Gasteiger partial charge is 0.409 e. The summed E-state index contributed by atoms with van der Waals surface area (Å²) in [6.45, 7) is 1.20. The van der Waals surface area contributed by atoms with E-state index >= 15 is 0 Å². The zero-order chi connectivity index (χ0) is 20.5. The topological polar surface area (TPSA) is 49.8 Å². The Hall–Kier alpha value is -3.11. The van der Waals surface area contributed by atoms with Crippen LogP contribution in [0.1, 0.15) is 34.9 Å². The molecule has 0 spiro atoms. The number of β-amino-alcohol motifs (C(OH)–C–C–N with tert-alkyl or cyclic N) is 1. The van der Waals surface area contributed by atoms with Crippen LogP contribution in [0.5, 0.6) is 0 Å². The van der Waals surface area contributed by atoms with Gasteiger partial charge in [-0.3, -0.25) is 0 Å². The van der Waals surface area contributed by atoms with E-state index in [4.69, 9.17) is 4.74 Å². The second-order valence-corrected chi connectivity index (χ2v) is 8.12. The molecule has 0 radical (unpaired) electrons. The van der Waals surface area contributed by atoms with Gasteiger partial charge in [0.2, 0.25) is 0 Å². The van der Waals surface area contributed by atoms with Crippen molar-refractivity contribution in [2.45, 2.75) is 24.4 Å². The largest absolute Gasteiger partial charge is 0.448 e. The summed E-state index contributed by atoms with van der Waals surface area (Å²) in [5.74, 6) is 0.108. The molecule has 4 heteroatoms. The van der Waals surface area contributed by atoms with E-state index < -0.39 is 6.10 Å². The quantitative estimate of drug-likeness (QED) is 0.689. The molecule has 0 unspecified atom stereocenters. The van der Waals surface area contributed by atoms with Gasteiger partial charge in [-0.2, -0.15) is 0 Å². The van der Waals surface area contributed by atoms with E-state index in [-0.39, 0.29) is 17.9 Å². The van der Waals surface area contributed by atoms with E-state index in [0.717, 1.165) is 12.0 Å². The first-order valence-electron chi connectivity index (χ1n) is 10.6. The molecule has 1 fully saturated rings. The minimum absolute atomic E-state index is 0.0492. The highest BCUT2D eigenvalue weighted by atomic mass is 16.6. The van der Waals surface area contributed by atoms with Crippen molar-refractivity contribution in [2.24, 2.45) is 0 Å².